The van der Waals surface area contributed by atoms with Crippen LogP contribution in [0.1, 0.15) is 44.7 Å². The number of likely N-dealkylation sites (tertiary alicyclic amines) is 1. The van der Waals surface area contributed by atoms with E-state index in [2.05, 4.69) is 10.3 Å². The summed E-state index contributed by atoms with van der Waals surface area (Å²) in [6.45, 7) is 5.03. The average Bonchev–Trinajstić information content (AvgIpc) is 3.25. The molecule has 3 aliphatic rings. The van der Waals surface area contributed by atoms with Gasteiger partial charge in [-0.3, -0.25) is 14.4 Å². The molecule has 1 unspecified atom stereocenters. The zero-order valence-corrected chi connectivity index (χ0v) is 21.6. The summed E-state index contributed by atoms with van der Waals surface area (Å²) in [5.74, 6) is -0.561. The molecule has 4 rings (SSSR count). The van der Waals surface area contributed by atoms with Crippen molar-refractivity contribution in [3.05, 3.63) is 57.2 Å². The van der Waals surface area contributed by atoms with Crippen LogP contribution in [0.3, 0.4) is 0 Å². The van der Waals surface area contributed by atoms with Crippen LogP contribution in [0.5, 0.6) is 0 Å². The highest BCUT2D eigenvalue weighted by Crippen LogP contribution is 2.44. The number of benzene rings is 1. The number of aliphatic imine (C=N–C) groups is 1. The van der Waals surface area contributed by atoms with Crippen molar-refractivity contribution in [2.45, 2.75) is 39.2 Å². The number of likely N-dealkylation sites (N-methyl/N-ethyl adjacent to an activating group) is 1. The summed E-state index contributed by atoms with van der Waals surface area (Å²) < 4.78 is 5.13. The molecule has 0 aromatic heterocycles. The Morgan fingerprint density at radius 3 is 2.51 bits per heavy atom. The third-order valence-electron chi connectivity index (χ3n) is 6.46. The molecule has 1 atom stereocenters. The Morgan fingerprint density at radius 1 is 1.20 bits per heavy atom. The normalized spacial score (nSPS) is 20.3. The lowest BCUT2D eigenvalue weighted by molar-refractivity contribution is -0.151. The lowest BCUT2D eigenvalue weighted by Gasteiger charge is -2.37. The van der Waals surface area contributed by atoms with Gasteiger partial charge in [0.2, 0.25) is 5.91 Å². The Morgan fingerprint density at radius 2 is 1.89 bits per heavy atom. The lowest BCUT2D eigenvalue weighted by atomic mass is 9.93. The highest BCUT2D eigenvalue weighted by molar-refractivity contribution is 8.16. The van der Waals surface area contributed by atoms with Crippen LogP contribution < -0.4 is 5.32 Å². The van der Waals surface area contributed by atoms with Gasteiger partial charge in [0.05, 0.1) is 36.3 Å². The molecule has 1 saturated heterocycles. The summed E-state index contributed by atoms with van der Waals surface area (Å²) in [7, 11) is 1.60. The predicted octanol–water partition coefficient (Wildman–Crippen LogP) is 3.85. The van der Waals surface area contributed by atoms with Crippen LogP contribution in [-0.2, 0) is 19.1 Å². The standard InChI is InChI=1S/C25H29ClN4O4S/c1-4-34-24(33)17-9-11-29(12-10-17)20(31)13-19-14-35-25-28-15(2)21(23(32)27-3)22(30(19)25)16-5-7-18(26)8-6-16/h5-8,14,17,22H,4,9-13H2,1-3H3,(H,27,32). The second-order valence-electron chi connectivity index (χ2n) is 8.61. The molecular formula is C25H29ClN4O4S. The van der Waals surface area contributed by atoms with E-state index in [-0.39, 0.29) is 30.1 Å². The SMILES string of the molecule is CCOC(=O)C1CCN(C(=O)CC2=CSC3=NC(C)=C(C(=O)NC)C(c4ccc(Cl)cc4)N23)CC1. The molecule has 1 aromatic carbocycles. The van der Waals surface area contributed by atoms with E-state index in [9.17, 15) is 14.4 Å². The number of amidine groups is 1. The molecule has 35 heavy (non-hydrogen) atoms. The zero-order chi connectivity index (χ0) is 25.1. The van der Waals surface area contributed by atoms with Crippen molar-refractivity contribution in [2.75, 3.05) is 26.7 Å². The van der Waals surface area contributed by atoms with Gasteiger partial charge in [-0.2, -0.15) is 0 Å². The molecule has 8 nitrogen and oxygen atoms in total. The summed E-state index contributed by atoms with van der Waals surface area (Å²) in [5.41, 5.74) is 2.86. The number of carbonyl (C=O) groups is 3. The Balaban J connectivity index is 1.54. The second-order valence-corrected chi connectivity index (χ2v) is 9.88. The van der Waals surface area contributed by atoms with E-state index in [4.69, 9.17) is 16.3 Å². The zero-order valence-electron chi connectivity index (χ0n) is 20.0. The molecule has 2 amide bonds. The van der Waals surface area contributed by atoms with E-state index < -0.39 is 6.04 Å². The van der Waals surface area contributed by atoms with Crippen LogP contribution in [-0.4, -0.2) is 59.5 Å². The summed E-state index contributed by atoms with van der Waals surface area (Å²) in [4.78, 5) is 46.6. The Kier molecular flexibility index (Phi) is 7.86. The van der Waals surface area contributed by atoms with Crippen molar-refractivity contribution in [3.63, 3.8) is 0 Å². The number of nitrogens with zero attached hydrogens (tertiary/aromatic N) is 3. The molecule has 1 aromatic rings. The molecule has 1 N–H and O–H groups in total. The number of carbonyl (C=O) groups excluding carboxylic acids is 3. The quantitative estimate of drug-likeness (QED) is 0.577. The molecule has 186 valence electrons. The van der Waals surface area contributed by atoms with Crippen molar-refractivity contribution >= 4 is 46.3 Å². The van der Waals surface area contributed by atoms with Crippen LogP contribution in [0.2, 0.25) is 5.02 Å². The van der Waals surface area contributed by atoms with Gasteiger partial charge in [-0.15, -0.1) is 0 Å². The van der Waals surface area contributed by atoms with Crippen molar-refractivity contribution in [1.82, 2.24) is 15.1 Å². The first kappa shape index (κ1) is 25.3. The summed E-state index contributed by atoms with van der Waals surface area (Å²) in [6, 6.07) is 6.96. The summed E-state index contributed by atoms with van der Waals surface area (Å²) in [6.07, 6.45) is 1.39. The maximum absolute atomic E-state index is 13.2. The molecule has 0 aliphatic carbocycles. The maximum atomic E-state index is 13.2. The highest BCUT2D eigenvalue weighted by Gasteiger charge is 2.41. The number of ether oxygens (including phenoxy) is 1. The monoisotopic (exact) mass is 516 g/mol. The predicted molar refractivity (Wildman–Crippen MR) is 136 cm³/mol. The number of allylic oxidation sites excluding steroid dienone is 1. The molecule has 0 spiro atoms. The van der Waals surface area contributed by atoms with Gasteiger partial charge in [0, 0.05) is 30.9 Å². The van der Waals surface area contributed by atoms with Crippen LogP contribution in [0.25, 0.3) is 0 Å². The average molecular weight is 517 g/mol. The summed E-state index contributed by atoms with van der Waals surface area (Å²) in [5, 5.41) is 6.00. The van der Waals surface area contributed by atoms with Gasteiger partial charge in [-0.25, -0.2) is 4.99 Å². The number of piperidine rings is 1. The van der Waals surface area contributed by atoms with Crippen molar-refractivity contribution < 1.29 is 19.1 Å². The van der Waals surface area contributed by atoms with E-state index in [0.29, 0.717) is 48.8 Å². The fourth-order valence-electron chi connectivity index (χ4n) is 4.65. The van der Waals surface area contributed by atoms with E-state index in [1.165, 1.54) is 11.8 Å². The number of amides is 2. The molecule has 1 fully saturated rings. The van der Waals surface area contributed by atoms with Gasteiger partial charge in [0.1, 0.15) is 0 Å². The van der Waals surface area contributed by atoms with Crippen LogP contribution in [0.15, 0.2) is 51.6 Å². The van der Waals surface area contributed by atoms with Gasteiger partial charge in [-0.05, 0) is 49.8 Å². The molecule has 0 saturated carbocycles. The minimum Gasteiger partial charge on any atom is -0.466 e. The number of hydrogen-bond donors (Lipinski definition) is 1. The number of nitrogens with one attached hydrogen (secondary N) is 1. The molecule has 0 radical (unpaired) electrons. The number of rotatable bonds is 6. The van der Waals surface area contributed by atoms with Gasteiger partial charge in [0.15, 0.2) is 5.17 Å². The number of fused-ring (bicyclic) bond motifs is 1. The van der Waals surface area contributed by atoms with E-state index in [1.54, 1.807) is 31.0 Å². The van der Waals surface area contributed by atoms with Crippen molar-refractivity contribution in [3.8, 4) is 0 Å². The molecule has 3 heterocycles. The smallest absolute Gasteiger partial charge is 0.309 e. The van der Waals surface area contributed by atoms with E-state index >= 15 is 0 Å². The number of thioether (sulfide) groups is 1. The molecule has 10 heteroatoms. The Labute approximate surface area is 214 Å². The Bertz CT molecular complexity index is 1110. The van der Waals surface area contributed by atoms with Gasteiger partial charge < -0.3 is 19.9 Å². The Hall–Kier alpha value is -2.78. The van der Waals surface area contributed by atoms with Crippen LogP contribution in [0, 0.1) is 5.92 Å². The second kappa shape index (κ2) is 10.9. The highest BCUT2D eigenvalue weighted by atomic mass is 35.5. The topological polar surface area (TPSA) is 91.3 Å². The van der Waals surface area contributed by atoms with Crippen molar-refractivity contribution in [2.24, 2.45) is 10.9 Å². The van der Waals surface area contributed by atoms with E-state index in [1.807, 2.05) is 29.4 Å². The minimum atomic E-state index is -0.427. The lowest BCUT2D eigenvalue weighted by Crippen LogP contribution is -2.42. The largest absolute Gasteiger partial charge is 0.466 e. The fraction of sp³-hybridized carbons (Fsp3) is 0.440. The first-order valence-electron chi connectivity index (χ1n) is 11.7. The number of halogens is 1. The summed E-state index contributed by atoms with van der Waals surface area (Å²) >= 11 is 7.57. The maximum Gasteiger partial charge on any atom is 0.309 e. The number of hydrogen-bond acceptors (Lipinski definition) is 7. The number of esters is 1. The van der Waals surface area contributed by atoms with Gasteiger partial charge in [-0.1, -0.05) is 35.5 Å². The van der Waals surface area contributed by atoms with Crippen LogP contribution in [0.4, 0.5) is 0 Å². The third kappa shape index (κ3) is 5.26. The first-order chi connectivity index (χ1) is 16.8. The molecule has 3 aliphatic heterocycles. The third-order valence-corrected chi connectivity index (χ3v) is 7.60. The van der Waals surface area contributed by atoms with Crippen LogP contribution >= 0.6 is 23.4 Å². The fourth-order valence-corrected chi connectivity index (χ4v) is 5.74. The first-order valence-corrected chi connectivity index (χ1v) is 13.0. The van der Waals surface area contributed by atoms with Gasteiger partial charge >= 0.3 is 5.97 Å². The van der Waals surface area contributed by atoms with Crippen molar-refractivity contribution in [1.29, 1.82) is 0 Å². The molecular weight excluding hydrogens is 488 g/mol. The molecule has 0 bridgehead atoms. The van der Waals surface area contributed by atoms with E-state index in [0.717, 1.165) is 16.4 Å². The minimum absolute atomic E-state index is 0.0111. The van der Waals surface area contributed by atoms with Gasteiger partial charge in [0.25, 0.3) is 5.91 Å².